The predicted octanol–water partition coefficient (Wildman–Crippen LogP) is 22.4. The van der Waals surface area contributed by atoms with Gasteiger partial charge < -0.3 is 8.83 Å². The molecule has 17 aromatic rings. The molecule has 0 bridgehead atoms. The lowest BCUT2D eigenvalue weighted by atomic mass is 9.83. The van der Waals surface area contributed by atoms with E-state index >= 15 is 0 Å². The van der Waals surface area contributed by atoms with Gasteiger partial charge >= 0.3 is 0 Å². The number of benzene rings is 15. The van der Waals surface area contributed by atoms with Crippen LogP contribution in [0.1, 0.15) is 0 Å². The van der Waals surface area contributed by atoms with E-state index in [2.05, 4.69) is 261 Å². The quantitative estimate of drug-likeness (QED) is 0.155. The molecule has 0 unspecified atom stereocenters. The average molecular weight is 1020 g/mol. The molecule has 0 amide bonds. The minimum absolute atomic E-state index is 0.900. The summed E-state index contributed by atoms with van der Waals surface area (Å²) >= 11 is 0. The Hall–Kier alpha value is -10.5. The number of fused-ring (bicyclic) bond motifs is 12. The van der Waals surface area contributed by atoms with E-state index < -0.39 is 0 Å². The smallest absolute Gasteiger partial charge is 0.136 e. The second-order valence-corrected chi connectivity index (χ2v) is 21.3. The van der Waals surface area contributed by atoms with Crippen LogP contribution in [0.3, 0.4) is 0 Å². The van der Waals surface area contributed by atoms with Crippen LogP contribution in [-0.4, -0.2) is 0 Å². The van der Waals surface area contributed by atoms with E-state index in [4.69, 9.17) is 8.83 Å². The summed E-state index contributed by atoms with van der Waals surface area (Å²) in [6, 6.07) is 102. The molecular weight excluding hydrogens is 969 g/mol. The van der Waals surface area contributed by atoms with Crippen LogP contribution in [0, 0.1) is 0 Å². The van der Waals surface area contributed by atoms with Gasteiger partial charge in [-0.05, 0) is 174 Å². The van der Waals surface area contributed by atoms with Gasteiger partial charge in [-0.15, -0.1) is 0 Å². The van der Waals surface area contributed by atoms with Gasteiger partial charge in [0.15, 0.2) is 0 Å². The van der Waals surface area contributed by atoms with Gasteiger partial charge in [0.2, 0.25) is 0 Å². The zero-order chi connectivity index (χ0) is 52.4. The molecule has 370 valence electrons. The van der Waals surface area contributed by atoms with Gasteiger partial charge in [-0.25, -0.2) is 0 Å². The summed E-state index contributed by atoms with van der Waals surface area (Å²) in [6.07, 6.45) is 0. The minimum Gasteiger partial charge on any atom is -0.456 e. The molecule has 0 fully saturated rings. The fourth-order valence-electron chi connectivity index (χ4n) is 13.5. The Morgan fingerprint density at radius 2 is 0.537 bits per heavy atom. The topological polar surface area (TPSA) is 26.3 Å². The van der Waals surface area contributed by atoms with Crippen molar-refractivity contribution < 1.29 is 8.83 Å². The van der Waals surface area contributed by atoms with E-state index in [-0.39, 0.29) is 0 Å². The predicted molar refractivity (Wildman–Crippen MR) is 339 cm³/mol. The molecule has 2 aromatic heterocycles. The molecule has 17 rings (SSSR count). The van der Waals surface area contributed by atoms with E-state index in [1.807, 2.05) is 18.2 Å². The standard InChI is InChI=1S/C78H46O2/c1-3-21-58-56(19-1)74(57-20-2-4-22-59(57)75(58)53-42-43-72-69(46-53)55-18-9-11-31-70(55)79-72)50-38-34-49(35-39-50)54-28-13-16-47-36-40-51(44-67(47)54)52-41-37-48-17-14-29-64(68(48)45-52)76-60-23-5-7-25-62(60)77(63-26-8-6-24-61(63)76)66-30-15-33-73-78(66)65-27-10-12-32-71(65)80-73/h1-46H. The van der Waals surface area contributed by atoms with Crippen LogP contribution in [0.15, 0.2) is 288 Å². The highest BCUT2D eigenvalue weighted by molar-refractivity contribution is 6.27. The lowest BCUT2D eigenvalue weighted by molar-refractivity contribution is 0.668. The second-order valence-electron chi connectivity index (χ2n) is 21.3. The molecule has 0 aliphatic heterocycles. The first-order valence-electron chi connectivity index (χ1n) is 27.5. The molecule has 0 atom stereocenters. The second kappa shape index (κ2) is 17.5. The van der Waals surface area contributed by atoms with Crippen molar-refractivity contribution in [3.63, 3.8) is 0 Å². The summed E-state index contributed by atoms with van der Waals surface area (Å²) in [6.45, 7) is 0. The van der Waals surface area contributed by atoms with Crippen molar-refractivity contribution in [2.75, 3.05) is 0 Å². The number of hydrogen-bond donors (Lipinski definition) is 0. The maximum atomic E-state index is 6.45. The van der Waals surface area contributed by atoms with Crippen LogP contribution in [0.4, 0.5) is 0 Å². The SMILES string of the molecule is c1cc(-c2ccc(-c3c4ccccc4c(-c4ccc5oc6ccccc6c5c4)c4ccccc34)cc2)c2cc(-c3ccc4cccc(-c5c6ccccc6c(-c6cccc7oc8ccccc8c67)c6ccccc56)c4c3)ccc2c1. The molecule has 0 aliphatic rings. The Balaban J connectivity index is 0.778. The highest BCUT2D eigenvalue weighted by Gasteiger charge is 2.23. The van der Waals surface area contributed by atoms with Gasteiger partial charge in [0.1, 0.15) is 22.3 Å². The molecule has 15 aromatic carbocycles. The molecule has 2 nitrogen and oxygen atoms in total. The molecule has 0 radical (unpaired) electrons. The third-order valence-corrected chi connectivity index (χ3v) is 17.1. The van der Waals surface area contributed by atoms with Crippen LogP contribution in [0.5, 0.6) is 0 Å². The van der Waals surface area contributed by atoms with E-state index in [1.165, 1.54) is 131 Å². The van der Waals surface area contributed by atoms with E-state index in [0.717, 1.165) is 43.9 Å². The van der Waals surface area contributed by atoms with Gasteiger partial charge in [0.05, 0.1) is 0 Å². The van der Waals surface area contributed by atoms with E-state index in [9.17, 15) is 0 Å². The molecule has 0 saturated carbocycles. The van der Waals surface area contributed by atoms with Crippen molar-refractivity contribution in [2.24, 2.45) is 0 Å². The van der Waals surface area contributed by atoms with Crippen LogP contribution < -0.4 is 0 Å². The minimum atomic E-state index is 0.900. The van der Waals surface area contributed by atoms with Crippen molar-refractivity contribution in [3.8, 4) is 66.8 Å². The average Bonchev–Trinajstić information content (AvgIpc) is 4.23. The molecule has 0 aliphatic carbocycles. The normalized spacial score (nSPS) is 12.0. The maximum absolute atomic E-state index is 6.45. The summed E-state index contributed by atoms with van der Waals surface area (Å²) < 4.78 is 12.7. The number of rotatable bonds is 6. The van der Waals surface area contributed by atoms with E-state index in [1.54, 1.807) is 0 Å². The third-order valence-electron chi connectivity index (χ3n) is 17.1. The molecular formula is C78H46O2. The molecule has 2 heterocycles. The number of hydrogen-bond acceptors (Lipinski definition) is 2. The summed E-state index contributed by atoms with van der Waals surface area (Å²) in [4.78, 5) is 0. The third kappa shape index (κ3) is 6.73. The van der Waals surface area contributed by atoms with Crippen molar-refractivity contribution in [3.05, 3.63) is 279 Å². The Kier molecular flexibility index (Phi) is 9.75. The van der Waals surface area contributed by atoms with Gasteiger partial charge in [0, 0.05) is 21.5 Å². The summed E-state index contributed by atoms with van der Waals surface area (Å²) in [5, 5.41) is 19.2. The van der Waals surface area contributed by atoms with E-state index in [0.29, 0.717) is 0 Å². The molecule has 0 spiro atoms. The van der Waals surface area contributed by atoms with Gasteiger partial charge in [-0.2, -0.15) is 0 Å². The summed E-state index contributed by atoms with van der Waals surface area (Å²) in [5.41, 5.74) is 18.1. The zero-order valence-electron chi connectivity index (χ0n) is 43.4. The number of furan rings is 2. The molecule has 0 saturated heterocycles. The van der Waals surface area contributed by atoms with Crippen molar-refractivity contribution in [1.29, 1.82) is 0 Å². The van der Waals surface area contributed by atoms with Gasteiger partial charge in [-0.1, -0.05) is 237 Å². The Morgan fingerprint density at radius 1 is 0.175 bits per heavy atom. The summed E-state index contributed by atoms with van der Waals surface area (Å²) in [5.74, 6) is 0. The number of para-hydroxylation sites is 2. The Labute approximate surface area is 460 Å². The van der Waals surface area contributed by atoms with Crippen LogP contribution in [-0.2, 0) is 0 Å². The van der Waals surface area contributed by atoms with Crippen LogP contribution >= 0.6 is 0 Å². The summed E-state index contributed by atoms with van der Waals surface area (Å²) in [7, 11) is 0. The molecule has 2 heteroatoms. The van der Waals surface area contributed by atoms with Crippen molar-refractivity contribution >= 4 is 109 Å². The first kappa shape index (κ1) is 44.6. The van der Waals surface area contributed by atoms with Crippen molar-refractivity contribution in [1.82, 2.24) is 0 Å². The van der Waals surface area contributed by atoms with Crippen LogP contribution in [0.2, 0.25) is 0 Å². The van der Waals surface area contributed by atoms with Crippen LogP contribution in [0.25, 0.3) is 175 Å². The Morgan fingerprint density at radius 3 is 1.12 bits per heavy atom. The van der Waals surface area contributed by atoms with Gasteiger partial charge in [-0.3, -0.25) is 0 Å². The van der Waals surface area contributed by atoms with Crippen molar-refractivity contribution in [2.45, 2.75) is 0 Å². The first-order valence-corrected chi connectivity index (χ1v) is 27.5. The lowest BCUT2D eigenvalue weighted by Gasteiger charge is -2.19. The monoisotopic (exact) mass is 1010 g/mol. The zero-order valence-corrected chi connectivity index (χ0v) is 43.4. The maximum Gasteiger partial charge on any atom is 0.136 e. The largest absolute Gasteiger partial charge is 0.456 e. The highest BCUT2D eigenvalue weighted by atomic mass is 16.3. The van der Waals surface area contributed by atoms with Gasteiger partial charge in [0.25, 0.3) is 0 Å². The fraction of sp³-hybridized carbons (Fsp3) is 0. The first-order chi connectivity index (χ1) is 39.7. The Bertz CT molecular complexity index is 5310. The molecule has 0 N–H and O–H groups in total. The molecule has 80 heavy (non-hydrogen) atoms. The highest BCUT2D eigenvalue weighted by Crippen LogP contribution is 2.50. The lowest BCUT2D eigenvalue weighted by Crippen LogP contribution is -1.92. The fourth-order valence-corrected chi connectivity index (χ4v) is 13.5.